The molecule has 0 saturated heterocycles. The van der Waals surface area contributed by atoms with Gasteiger partial charge < -0.3 is 16.8 Å². The molecule has 5 N–H and O–H groups in total. The van der Waals surface area contributed by atoms with Crippen molar-refractivity contribution in [3.8, 4) is 0 Å². The third-order valence-corrected chi connectivity index (χ3v) is 3.05. The summed E-state index contributed by atoms with van der Waals surface area (Å²) in [6.07, 6.45) is 0.882. The van der Waals surface area contributed by atoms with Gasteiger partial charge in [0.05, 0.1) is 6.04 Å². The fourth-order valence-corrected chi connectivity index (χ4v) is 1.55. The summed E-state index contributed by atoms with van der Waals surface area (Å²) in [5, 5.41) is 2.83. The van der Waals surface area contributed by atoms with Gasteiger partial charge in [0.15, 0.2) is 0 Å². The molecule has 0 heterocycles. The summed E-state index contributed by atoms with van der Waals surface area (Å²) >= 11 is 0. The van der Waals surface area contributed by atoms with E-state index >= 15 is 0 Å². The highest BCUT2D eigenvalue weighted by Gasteiger charge is 2.19. The van der Waals surface area contributed by atoms with E-state index in [1.54, 1.807) is 0 Å². The number of para-hydroxylation sites is 1. The molecule has 1 aromatic rings. The summed E-state index contributed by atoms with van der Waals surface area (Å²) in [5.74, 6) is 0.0142. The molecule has 2 atom stereocenters. The van der Waals surface area contributed by atoms with Crippen LogP contribution in [-0.4, -0.2) is 11.9 Å². The van der Waals surface area contributed by atoms with Crippen LogP contribution in [0.2, 0.25) is 0 Å². The van der Waals surface area contributed by atoms with E-state index in [0.717, 1.165) is 17.7 Å². The molecule has 0 aromatic heterocycles. The minimum absolute atomic E-state index is 0.153. The Labute approximate surface area is 102 Å². The first kappa shape index (κ1) is 13.7. The highest BCUT2D eigenvalue weighted by Crippen LogP contribution is 2.15. The van der Waals surface area contributed by atoms with E-state index in [4.69, 9.17) is 11.5 Å². The average Bonchev–Trinajstić information content (AvgIpc) is 2.37. The lowest BCUT2D eigenvalue weighted by atomic mass is 9.99. The van der Waals surface area contributed by atoms with Crippen molar-refractivity contribution in [1.82, 2.24) is 0 Å². The van der Waals surface area contributed by atoms with Gasteiger partial charge in [0.1, 0.15) is 0 Å². The zero-order valence-corrected chi connectivity index (χ0v) is 10.4. The quantitative estimate of drug-likeness (QED) is 0.722. The van der Waals surface area contributed by atoms with E-state index in [2.05, 4.69) is 5.32 Å². The predicted octanol–water partition coefficient (Wildman–Crippen LogP) is 1.46. The summed E-state index contributed by atoms with van der Waals surface area (Å²) < 4.78 is 0. The number of nitrogens with two attached hydrogens (primary N) is 2. The van der Waals surface area contributed by atoms with Gasteiger partial charge in [-0.05, 0) is 17.5 Å². The van der Waals surface area contributed by atoms with Crippen LogP contribution in [0.15, 0.2) is 24.3 Å². The van der Waals surface area contributed by atoms with Crippen molar-refractivity contribution >= 4 is 11.6 Å². The minimum atomic E-state index is -0.481. The Bertz CT molecular complexity index is 379. The van der Waals surface area contributed by atoms with E-state index in [1.807, 2.05) is 38.1 Å². The fraction of sp³-hybridized carbons (Fsp3) is 0.462. The maximum Gasteiger partial charge on any atom is 0.241 e. The van der Waals surface area contributed by atoms with Crippen molar-refractivity contribution in [2.24, 2.45) is 17.4 Å². The third-order valence-electron chi connectivity index (χ3n) is 3.05. The Morgan fingerprint density at radius 3 is 2.65 bits per heavy atom. The Hall–Kier alpha value is -1.39. The molecule has 1 aromatic carbocycles. The second-order valence-electron chi connectivity index (χ2n) is 4.26. The van der Waals surface area contributed by atoms with E-state index in [9.17, 15) is 4.79 Å². The monoisotopic (exact) mass is 235 g/mol. The van der Waals surface area contributed by atoms with Crippen LogP contribution in [0.25, 0.3) is 0 Å². The van der Waals surface area contributed by atoms with Gasteiger partial charge in [0, 0.05) is 12.2 Å². The van der Waals surface area contributed by atoms with Crippen LogP contribution in [0, 0.1) is 5.92 Å². The number of nitrogens with one attached hydrogen (secondary N) is 1. The van der Waals surface area contributed by atoms with E-state index in [0.29, 0.717) is 6.54 Å². The zero-order valence-electron chi connectivity index (χ0n) is 10.4. The second-order valence-corrected chi connectivity index (χ2v) is 4.26. The van der Waals surface area contributed by atoms with Gasteiger partial charge in [-0.3, -0.25) is 4.79 Å². The topological polar surface area (TPSA) is 81.1 Å². The number of hydrogen-bond donors (Lipinski definition) is 3. The summed E-state index contributed by atoms with van der Waals surface area (Å²) in [5.41, 5.74) is 13.1. The normalized spacial score (nSPS) is 14.1. The highest BCUT2D eigenvalue weighted by molar-refractivity contribution is 5.95. The number of anilines is 1. The van der Waals surface area contributed by atoms with E-state index in [1.165, 1.54) is 0 Å². The SMILES string of the molecule is CCC(C)[C@H](N)C(=O)Nc1ccccc1CN. The molecule has 0 fully saturated rings. The van der Waals surface area contributed by atoms with Gasteiger partial charge in [-0.2, -0.15) is 0 Å². The molecule has 0 bridgehead atoms. The van der Waals surface area contributed by atoms with Gasteiger partial charge >= 0.3 is 0 Å². The Morgan fingerprint density at radius 1 is 1.41 bits per heavy atom. The third kappa shape index (κ3) is 3.54. The van der Waals surface area contributed by atoms with Crippen molar-refractivity contribution in [3.05, 3.63) is 29.8 Å². The summed E-state index contributed by atoms with van der Waals surface area (Å²) in [6, 6.07) is 7.01. The van der Waals surface area contributed by atoms with Gasteiger partial charge in [-0.25, -0.2) is 0 Å². The maximum atomic E-state index is 11.9. The van der Waals surface area contributed by atoms with Crippen LogP contribution < -0.4 is 16.8 Å². The maximum absolute atomic E-state index is 11.9. The molecule has 4 heteroatoms. The number of carbonyl (C=O) groups is 1. The van der Waals surface area contributed by atoms with Crippen molar-refractivity contribution in [2.75, 3.05) is 5.32 Å². The van der Waals surface area contributed by atoms with Crippen molar-refractivity contribution < 1.29 is 4.79 Å². The standard InChI is InChI=1S/C13H21N3O/c1-3-9(2)12(15)13(17)16-11-7-5-4-6-10(11)8-14/h4-7,9,12H,3,8,14-15H2,1-2H3,(H,16,17)/t9?,12-/m0/s1. The number of benzene rings is 1. The molecule has 1 unspecified atom stereocenters. The Balaban J connectivity index is 2.74. The van der Waals surface area contributed by atoms with Gasteiger partial charge in [0.25, 0.3) is 0 Å². The lowest BCUT2D eigenvalue weighted by Gasteiger charge is -2.18. The molecule has 0 saturated carbocycles. The fourth-order valence-electron chi connectivity index (χ4n) is 1.55. The summed E-state index contributed by atoms with van der Waals surface area (Å²) in [4.78, 5) is 11.9. The average molecular weight is 235 g/mol. The highest BCUT2D eigenvalue weighted by atomic mass is 16.2. The molecular weight excluding hydrogens is 214 g/mol. The summed E-state index contributed by atoms with van der Waals surface area (Å²) in [7, 11) is 0. The first-order valence-electron chi connectivity index (χ1n) is 5.94. The van der Waals surface area contributed by atoms with E-state index in [-0.39, 0.29) is 11.8 Å². The van der Waals surface area contributed by atoms with Gasteiger partial charge in [-0.1, -0.05) is 38.5 Å². The van der Waals surface area contributed by atoms with Crippen molar-refractivity contribution in [1.29, 1.82) is 0 Å². The molecule has 17 heavy (non-hydrogen) atoms. The molecule has 1 amide bonds. The lowest BCUT2D eigenvalue weighted by Crippen LogP contribution is -2.40. The molecule has 0 aliphatic rings. The number of hydrogen-bond acceptors (Lipinski definition) is 3. The molecule has 0 aliphatic carbocycles. The molecule has 94 valence electrons. The molecule has 0 aliphatic heterocycles. The molecular formula is C13H21N3O. The first-order valence-corrected chi connectivity index (χ1v) is 5.94. The van der Waals surface area contributed by atoms with Crippen LogP contribution in [0.4, 0.5) is 5.69 Å². The number of amides is 1. The van der Waals surface area contributed by atoms with Crippen LogP contribution >= 0.6 is 0 Å². The smallest absolute Gasteiger partial charge is 0.241 e. The van der Waals surface area contributed by atoms with Gasteiger partial charge in [0.2, 0.25) is 5.91 Å². The first-order chi connectivity index (χ1) is 8.10. The lowest BCUT2D eigenvalue weighted by molar-refractivity contribution is -0.118. The summed E-state index contributed by atoms with van der Waals surface area (Å²) in [6.45, 7) is 4.39. The molecule has 4 nitrogen and oxygen atoms in total. The van der Waals surface area contributed by atoms with E-state index < -0.39 is 6.04 Å². The molecule has 0 spiro atoms. The predicted molar refractivity (Wildman–Crippen MR) is 70.4 cm³/mol. The van der Waals surface area contributed by atoms with Crippen molar-refractivity contribution in [2.45, 2.75) is 32.9 Å². The largest absolute Gasteiger partial charge is 0.326 e. The minimum Gasteiger partial charge on any atom is -0.326 e. The molecule has 0 radical (unpaired) electrons. The number of carbonyl (C=O) groups excluding carboxylic acids is 1. The Morgan fingerprint density at radius 2 is 2.06 bits per heavy atom. The Kier molecular flexibility index (Phi) is 5.12. The van der Waals surface area contributed by atoms with Crippen LogP contribution in [0.3, 0.4) is 0 Å². The molecule has 1 rings (SSSR count). The van der Waals surface area contributed by atoms with Crippen LogP contribution in [0.5, 0.6) is 0 Å². The second kappa shape index (κ2) is 6.37. The van der Waals surface area contributed by atoms with Gasteiger partial charge in [-0.15, -0.1) is 0 Å². The number of rotatable bonds is 5. The van der Waals surface area contributed by atoms with Crippen LogP contribution in [-0.2, 0) is 11.3 Å². The van der Waals surface area contributed by atoms with Crippen molar-refractivity contribution in [3.63, 3.8) is 0 Å². The van der Waals surface area contributed by atoms with Crippen LogP contribution in [0.1, 0.15) is 25.8 Å². The zero-order chi connectivity index (χ0) is 12.8.